The number of nitrogens with zero attached hydrogens (tertiary/aromatic N) is 2. The summed E-state index contributed by atoms with van der Waals surface area (Å²) in [6, 6.07) is 1.03. The van der Waals surface area contributed by atoms with E-state index >= 15 is 0 Å². The molecule has 2 fully saturated rings. The molecule has 1 saturated heterocycles. The van der Waals surface area contributed by atoms with Crippen molar-refractivity contribution in [1.82, 2.24) is 10.3 Å². The van der Waals surface area contributed by atoms with Crippen LogP contribution in [0.15, 0.2) is 11.6 Å². The Morgan fingerprint density at radius 2 is 2.10 bits per heavy atom. The molecule has 116 valence electrons. The lowest BCUT2D eigenvalue weighted by Crippen LogP contribution is -2.48. The van der Waals surface area contributed by atoms with Crippen molar-refractivity contribution < 1.29 is 4.79 Å². The fraction of sp³-hybridized carbons (Fsp3) is 0.733. The number of carbonyl (C=O) groups excluding carboxylic acids is 1. The van der Waals surface area contributed by atoms with Crippen molar-refractivity contribution in [3.8, 4) is 0 Å². The second-order valence-corrected chi connectivity index (χ2v) is 7.08. The Hall–Kier alpha value is -1.14. The van der Waals surface area contributed by atoms with E-state index in [1.807, 2.05) is 11.6 Å². The summed E-state index contributed by atoms with van der Waals surface area (Å²) in [6.07, 6.45) is 8.35. The van der Waals surface area contributed by atoms with Crippen LogP contribution in [0, 0.1) is 5.92 Å². The van der Waals surface area contributed by atoms with E-state index in [1.54, 1.807) is 11.3 Å². The van der Waals surface area contributed by atoms with Gasteiger partial charge in [-0.05, 0) is 32.1 Å². The Morgan fingerprint density at radius 3 is 2.76 bits per heavy atom. The minimum absolute atomic E-state index is 0.0756. The Labute approximate surface area is 129 Å². The lowest BCUT2D eigenvalue weighted by Gasteiger charge is -2.36. The highest BCUT2D eigenvalue weighted by molar-refractivity contribution is 7.13. The Kier molecular flexibility index (Phi) is 4.75. The lowest BCUT2D eigenvalue weighted by atomic mass is 9.84. The monoisotopic (exact) mass is 308 g/mol. The van der Waals surface area contributed by atoms with Gasteiger partial charge in [0.25, 0.3) is 0 Å². The number of rotatable bonds is 4. The standard InChI is InChI=1S/C15H24N4OS/c16-14(20)11-2-1-3-13(10-11)18-12-4-7-19(8-5-12)15-17-6-9-21-15/h6,9,11-13,18H,1-5,7-8,10H2,(H2,16,20). The van der Waals surface area contributed by atoms with Gasteiger partial charge in [0, 0.05) is 42.7 Å². The molecule has 2 heterocycles. The maximum Gasteiger partial charge on any atom is 0.220 e. The number of aromatic nitrogens is 1. The van der Waals surface area contributed by atoms with Crippen LogP contribution in [0.3, 0.4) is 0 Å². The van der Waals surface area contributed by atoms with Crippen molar-refractivity contribution >= 4 is 22.4 Å². The third-order valence-electron chi connectivity index (χ3n) is 4.73. The van der Waals surface area contributed by atoms with Crippen LogP contribution >= 0.6 is 11.3 Å². The predicted octanol–water partition coefficient (Wildman–Crippen LogP) is 1.75. The normalized spacial score (nSPS) is 27.7. The molecule has 21 heavy (non-hydrogen) atoms. The average Bonchev–Trinajstić information content (AvgIpc) is 3.02. The van der Waals surface area contributed by atoms with E-state index in [4.69, 9.17) is 5.73 Å². The van der Waals surface area contributed by atoms with Gasteiger partial charge in [0.2, 0.25) is 5.91 Å². The molecule has 2 aliphatic rings. The number of anilines is 1. The van der Waals surface area contributed by atoms with Crippen LogP contribution in [0.1, 0.15) is 38.5 Å². The van der Waals surface area contributed by atoms with E-state index < -0.39 is 0 Å². The summed E-state index contributed by atoms with van der Waals surface area (Å²) in [4.78, 5) is 18.1. The van der Waals surface area contributed by atoms with Crippen LogP contribution in [0.2, 0.25) is 0 Å². The number of hydrogen-bond acceptors (Lipinski definition) is 5. The summed E-state index contributed by atoms with van der Waals surface area (Å²) in [7, 11) is 0. The van der Waals surface area contributed by atoms with Crippen molar-refractivity contribution in [3.63, 3.8) is 0 Å². The molecule has 5 nitrogen and oxygen atoms in total. The highest BCUT2D eigenvalue weighted by Gasteiger charge is 2.28. The number of thiazole rings is 1. The molecule has 1 amide bonds. The number of nitrogens with one attached hydrogen (secondary N) is 1. The lowest BCUT2D eigenvalue weighted by molar-refractivity contribution is -0.123. The van der Waals surface area contributed by atoms with Gasteiger partial charge in [-0.3, -0.25) is 4.79 Å². The van der Waals surface area contributed by atoms with E-state index in [1.165, 1.54) is 6.42 Å². The van der Waals surface area contributed by atoms with Crippen molar-refractivity contribution in [3.05, 3.63) is 11.6 Å². The van der Waals surface area contributed by atoms with Gasteiger partial charge in [-0.1, -0.05) is 6.42 Å². The maximum absolute atomic E-state index is 11.3. The van der Waals surface area contributed by atoms with Crippen LogP contribution in [-0.4, -0.2) is 36.1 Å². The average molecular weight is 308 g/mol. The predicted molar refractivity (Wildman–Crippen MR) is 85.4 cm³/mol. The van der Waals surface area contributed by atoms with Crippen molar-refractivity contribution in [2.45, 2.75) is 50.6 Å². The second kappa shape index (κ2) is 6.75. The summed E-state index contributed by atoms with van der Waals surface area (Å²) in [5, 5.41) is 6.93. The molecule has 1 aliphatic heterocycles. The molecular weight excluding hydrogens is 284 g/mol. The number of nitrogens with two attached hydrogens (primary N) is 1. The first-order valence-corrected chi connectivity index (χ1v) is 8.80. The molecule has 6 heteroatoms. The zero-order chi connectivity index (χ0) is 14.7. The summed E-state index contributed by atoms with van der Waals surface area (Å²) in [6.45, 7) is 2.13. The van der Waals surface area contributed by atoms with E-state index in [2.05, 4.69) is 15.2 Å². The van der Waals surface area contributed by atoms with Crippen molar-refractivity contribution in [2.75, 3.05) is 18.0 Å². The molecule has 0 bridgehead atoms. The first-order valence-electron chi connectivity index (χ1n) is 7.92. The molecule has 3 rings (SSSR count). The smallest absolute Gasteiger partial charge is 0.220 e. The molecule has 2 atom stereocenters. The van der Waals surface area contributed by atoms with Crippen LogP contribution < -0.4 is 16.0 Å². The molecule has 0 aromatic carbocycles. The van der Waals surface area contributed by atoms with Gasteiger partial charge < -0.3 is 16.0 Å². The van der Waals surface area contributed by atoms with Crippen molar-refractivity contribution in [1.29, 1.82) is 0 Å². The third kappa shape index (κ3) is 3.74. The molecule has 2 unspecified atom stereocenters. The molecule has 3 N–H and O–H groups in total. The number of piperidine rings is 1. The molecule has 1 aromatic rings. The van der Waals surface area contributed by atoms with Crippen LogP contribution in [0.4, 0.5) is 5.13 Å². The minimum Gasteiger partial charge on any atom is -0.369 e. The first-order chi connectivity index (χ1) is 10.2. The van der Waals surface area contributed by atoms with Crippen LogP contribution in [0.5, 0.6) is 0 Å². The van der Waals surface area contributed by atoms with Crippen molar-refractivity contribution in [2.24, 2.45) is 11.7 Å². The minimum atomic E-state index is -0.125. The highest BCUT2D eigenvalue weighted by Crippen LogP contribution is 2.26. The maximum atomic E-state index is 11.3. The number of hydrogen-bond donors (Lipinski definition) is 2. The molecule has 0 spiro atoms. The van der Waals surface area contributed by atoms with Gasteiger partial charge in [0.05, 0.1) is 0 Å². The van der Waals surface area contributed by atoms with Gasteiger partial charge in [0.1, 0.15) is 0 Å². The second-order valence-electron chi connectivity index (χ2n) is 6.21. The van der Waals surface area contributed by atoms with E-state index in [0.717, 1.165) is 50.3 Å². The number of carbonyl (C=O) groups is 1. The van der Waals surface area contributed by atoms with Gasteiger partial charge in [-0.25, -0.2) is 4.98 Å². The van der Waals surface area contributed by atoms with E-state index in [-0.39, 0.29) is 11.8 Å². The van der Waals surface area contributed by atoms with Crippen LogP contribution in [0.25, 0.3) is 0 Å². The summed E-state index contributed by atoms with van der Waals surface area (Å²) >= 11 is 1.71. The number of primary amides is 1. The van der Waals surface area contributed by atoms with Crippen LogP contribution in [-0.2, 0) is 4.79 Å². The molecule has 1 aliphatic carbocycles. The molecule has 1 saturated carbocycles. The highest BCUT2D eigenvalue weighted by atomic mass is 32.1. The van der Waals surface area contributed by atoms with E-state index in [0.29, 0.717) is 12.1 Å². The Bertz CT molecular complexity index is 456. The SMILES string of the molecule is NC(=O)C1CCCC(NC2CCN(c3nccs3)CC2)C1. The third-order valence-corrected chi connectivity index (χ3v) is 5.56. The largest absolute Gasteiger partial charge is 0.369 e. The Balaban J connectivity index is 1.46. The quantitative estimate of drug-likeness (QED) is 0.889. The molecular formula is C15H24N4OS. The van der Waals surface area contributed by atoms with Gasteiger partial charge in [-0.15, -0.1) is 11.3 Å². The topological polar surface area (TPSA) is 71.2 Å². The zero-order valence-corrected chi connectivity index (χ0v) is 13.1. The summed E-state index contributed by atoms with van der Waals surface area (Å²) in [5.74, 6) is -0.0493. The Morgan fingerprint density at radius 1 is 1.29 bits per heavy atom. The summed E-state index contributed by atoms with van der Waals surface area (Å²) in [5.41, 5.74) is 5.46. The zero-order valence-electron chi connectivity index (χ0n) is 12.3. The molecule has 1 aromatic heterocycles. The van der Waals surface area contributed by atoms with Gasteiger partial charge in [-0.2, -0.15) is 0 Å². The first kappa shape index (κ1) is 14.8. The number of amides is 1. The van der Waals surface area contributed by atoms with E-state index in [9.17, 15) is 4.79 Å². The fourth-order valence-electron chi connectivity index (χ4n) is 3.54. The molecule has 0 radical (unpaired) electrons. The van der Waals surface area contributed by atoms with Gasteiger partial charge in [0.15, 0.2) is 5.13 Å². The fourth-order valence-corrected chi connectivity index (χ4v) is 4.24. The summed E-state index contributed by atoms with van der Waals surface area (Å²) < 4.78 is 0. The van der Waals surface area contributed by atoms with Gasteiger partial charge >= 0.3 is 0 Å².